The summed E-state index contributed by atoms with van der Waals surface area (Å²) in [5.74, 6) is 0.369. The Kier molecular flexibility index (Phi) is 7.06. The van der Waals surface area contributed by atoms with Crippen LogP contribution in [0.3, 0.4) is 0 Å². The number of piperidine rings is 1. The van der Waals surface area contributed by atoms with E-state index in [-0.39, 0.29) is 40.2 Å². The third kappa shape index (κ3) is 4.61. The van der Waals surface area contributed by atoms with Crippen molar-refractivity contribution in [2.24, 2.45) is 5.41 Å². The van der Waals surface area contributed by atoms with Crippen molar-refractivity contribution in [1.82, 2.24) is 19.6 Å². The molecule has 4 unspecified atom stereocenters. The van der Waals surface area contributed by atoms with Crippen molar-refractivity contribution in [2.45, 2.75) is 124 Å². The molecule has 1 aromatic carbocycles. The summed E-state index contributed by atoms with van der Waals surface area (Å²) in [4.78, 5) is 21.4. The van der Waals surface area contributed by atoms with Gasteiger partial charge in [-0.15, -0.1) is 0 Å². The lowest BCUT2D eigenvalue weighted by Gasteiger charge is -2.51. The third-order valence-electron chi connectivity index (χ3n) is 9.90. The third-order valence-corrected chi connectivity index (χ3v) is 9.90. The van der Waals surface area contributed by atoms with Gasteiger partial charge in [0.15, 0.2) is 5.58 Å². The predicted molar refractivity (Wildman–Crippen MR) is 155 cm³/mol. The van der Waals surface area contributed by atoms with Gasteiger partial charge in [-0.1, -0.05) is 39.8 Å². The normalized spacial score (nSPS) is 26.2. The molecule has 5 rings (SSSR count). The molecule has 0 radical (unpaired) electrons. The van der Waals surface area contributed by atoms with Crippen LogP contribution in [0.2, 0.25) is 0 Å². The van der Waals surface area contributed by atoms with Crippen LogP contribution in [0.15, 0.2) is 21.5 Å². The quantitative estimate of drug-likeness (QED) is 0.430. The van der Waals surface area contributed by atoms with Crippen molar-refractivity contribution in [2.75, 3.05) is 6.54 Å². The second-order valence-electron chi connectivity index (χ2n) is 14.1. The van der Waals surface area contributed by atoms with E-state index in [1.54, 1.807) is 24.5 Å². The monoisotopic (exact) mass is 552 g/mol. The Labute approximate surface area is 236 Å². The number of aryl methyl sites for hydroxylation is 1. The number of hydrogen-bond donors (Lipinski definition) is 1. The van der Waals surface area contributed by atoms with E-state index in [4.69, 9.17) is 9.51 Å². The van der Waals surface area contributed by atoms with Gasteiger partial charge in [-0.3, -0.25) is 14.3 Å². The molecule has 0 spiro atoms. The van der Waals surface area contributed by atoms with Crippen LogP contribution in [-0.2, 0) is 24.0 Å². The molecule has 3 aromatic rings. The van der Waals surface area contributed by atoms with Crippen LogP contribution in [0.5, 0.6) is 0 Å². The van der Waals surface area contributed by atoms with E-state index in [0.29, 0.717) is 36.4 Å². The second-order valence-corrected chi connectivity index (χ2v) is 14.1. The van der Waals surface area contributed by atoms with E-state index in [1.807, 2.05) is 0 Å². The molecule has 2 aliphatic heterocycles. The van der Waals surface area contributed by atoms with Crippen LogP contribution in [-0.4, -0.2) is 43.3 Å². The summed E-state index contributed by atoms with van der Waals surface area (Å²) in [6, 6.07) is 3.60. The van der Waals surface area contributed by atoms with E-state index in [2.05, 4.69) is 58.5 Å². The number of rotatable bonds is 4. The Balaban J connectivity index is 1.46. The molecular formula is C32H45FN4O3. The lowest BCUT2D eigenvalue weighted by Crippen LogP contribution is -2.55. The first-order chi connectivity index (χ1) is 18.6. The van der Waals surface area contributed by atoms with Gasteiger partial charge in [0.05, 0.1) is 11.4 Å². The SMILES string of the molecule is Cc1c(F)ccc2c(C3CCN(C(C)Cc4c(C(C)(C)C)nc5n(c4=O)CCCC5(C)O)C(C)C3(C)C)noc12. The molecule has 1 saturated heterocycles. The Hall–Kier alpha value is -2.58. The highest BCUT2D eigenvalue weighted by Crippen LogP contribution is 2.48. The average Bonchev–Trinajstić information content (AvgIpc) is 3.28. The van der Waals surface area contributed by atoms with Gasteiger partial charge in [0.1, 0.15) is 17.2 Å². The highest BCUT2D eigenvalue weighted by atomic mass is 19.1. The number of aliphatic hydroxyl groups is 1. The van der Waals surface area contributed by atoms with E-state index >= 15 is 0 Å². The summed E-state index contributed by atoms with van der Waals surface area (Å²) in [5.41, 5.74) is 1.88. The topological polar surface area (TPSA) is 84.4 Å². The maximum atomic E-state index is 14.2. The largest absolute Gasteiger partial charge is 0.382 e. The van der Waals surface area contributed by atoms with Crippen LogP contribution in [0, 0.1) is 18.2 Å². The number of hydrogen-bond acceptors (Lipinski definition) is 6. The summed E-state index contributed by atoms with van der Waals surface area (Å²) in [6.45, 7) is 20.2. The van der Waals surface area contributed by atoms with Gasteiger partial charge in [0.25, 0.3) is 5.56 Å². The molecule has 4 heterocycles. The van der Waals surface area contributed by atoms with Crippen molar-refractivity contribution in [1.29, 1.82) is 0 Å². The van der Waals surface area contributed by atoms with Gasteiger partial charge in [-0.05, 0) is 77.5 Å². The lowest BCUT2D eigenvalue weighted by atomic mass is 9.66. The Bertz CT molecular complexity index is 1500. The summed E-state index contributed by atoms with van der Waals surface area (Å²) < 4.78 is 21.5. The maximum Gasteiger partial charge on any atom is 0.257 e. The molecule has 7 nitrogen and oxygen atoms in total. The minimum atomic E-state index is -1.10. The Morgan fingerprint density at radius 2 is 1.93 bits per heavy atom. The van der Waals surface area contributed by atoms with Crippen LogP contribution < -0.4 is 5.56 Å². The highest BCUT2D eigenvalue weighted by molar-refractivity contribution is 5.83. The second kappa shape index (κ2) is 9.76. The summed E-state index contributed by atoms with van der Waals surface area (Å²) in [7, 11) is 0. The van der Waals surface area contributed by atoms with Gasteiger partial charge >= 0.3 is 0 Å². The minimum absolute atomic E-state index is 0.0137. The zero-order chi connectivity index (χ0) is 29.4. The van der Waals surface area contributed by atoms with E-state index in [9.17, 15) is 14.3 Å². The molecule has 2 aliphatic rings. The van der Waals surface area contributed by atoms with Crippen LogP contribution in [0.1, 0.15) is 109 Å². The number of benzene rings is 1. The minimum Gasteiger partial charge on any atom is -0.382 e. The molecule has 1 fully saturated rings. The number of fused-ring (bicyclic) bond motifs is 2. The molecule has 0 bridgehead atoms. The van der Waals surface area contributed by atoms with Gasteiger partial charge in [0, 0.05) is 46.5 Å². The number of aromatic nitrogens is 3. The molecule has 218 valence electrons. The van der Waals surface area contributed by atoms with Crippen LogP contribution in [0.4, 0.5) is 4.39 Å². The van der Waals surface area contributed by atoms with Gasteiger partial charge < -0.3 is 9.63 Å². The molecule has 0 aliphatic carbocycles. The standard InChI is InChI=1S/C32H45FN4O3/c1-18(17-22-27(30(4,5)6)34-29-32(9,39)14-10-15-37(29)28(22)38)36-16-13-23(31(7,8)20(36)3)25-21-11-12-24(33)19(2)26(21)40-35-25/h11-12,18,20,23,39H,10,13-17H2,1-9H3. The van der Waals surface area contributed by atoms with Crippen molar-refractivity contribution >= 4 is 11.0 Å². The van der Waals surface area contributed by atoms with Crippen molar-refractivity contribution in [3.05, 3.63) is 56.6 Å². The summed E-state index contributed by atoms with van der Waals surface area (Å²) in [5, 5.41) is 16.4. The fourth-order valence-electron chi connectivity index (χ4n) is 7.16. The first-order valence-corrected chi connectivity index (χ1v) is 14.7. The Morgan fingerprint density at radius 1 is 1.23 bits per heavy atom. The predicted octanol–water partition coefficient (Wildman–Crippen LogP) is 5.97. The molecule has 2 aromatic heterocycles. The first kappa shape index (κ1) is 28.9. The summed E-state index contributed by atoms with van der Waals surface area (Å²) in [6.07, 6.45) is 2.84. The molecule has 0 saturated carbocycles. The van der Waals surface area contributed by atoms with Crippen LogP contribution >= 0.6 is 0 Å². The number of likely N-dealkylation sites (tertiary alicyclic amines) is 1. The van der Waals surface area contributed by atoms with Gasteiger partial charge in [0.2, 0.25) is 0 Å². The maximum absolute atomic E-state index is 14.2. The fourth-order valence-corrected chi connectivity index (χ4v) is 7.16. The van der Waals surface area contributed by atoms with Crippen molar-refractivity contribution in [3.63, 3.8) is 0 Å². The zero-order valence-electron chi connectivity index (χ0n) is 25.6. The smallest absolute Gasteiger partial charge is 0.257 e. The summed E-state index contributed by atoms with van der Waals surface area (Å²) >= 11 is 0. The van der Waals surface area contributed by atoms with Crippen molar-refractivity contribution in [3.8, 4) is 0 Å². The van der Waals surface area contributed by atoms with Crippen LogP contribution in [0.25, 0.3) is 11.0 Å². The number of halogens is 1. The van der Waals surface area contributed by atoms with Gasteiger partial charge in [-0.2, -0.15) is 0 Å². The lowest BCUT2D eigenvalue weighted by molar-refractivity contribution is 0.00195. The van der Waals surface area contributed by atoms with E-state index in [0.717, 1.165) is 41.7 Å². The molecule has 40 heavy (non-hydrogen) atoms. The molecule has 4 atom stereocenters. The average molecular weight is 553 g/mol. The zero-order valence-corrected chi connectivity index (χ0v) is 25.6. The fraction of sp³-hybridized carbons (Fsp3) is 0.656. The van der Waals surface area contributed by atoms with Crippen molar-refractivity contribution < 1.29 is 14.0 Å². The highest BCUT2D eigenvalue weighted by Gasteiger charge is 2.46. The van der Waals surface area contributed by atoms with E-state index < -0.39 is 5.60 Å². The first-order valence-electron chi connectivity index (χ1n) is 14.7. The van der Waals surface area contributed by atoms with Gasteiger partial charge in [-0.25, -0.2) is 9.37 Å². The molecule has 0 amide bonds. The van der Waals surface area contributed by atoms with E-state index in [1.165, 1.54) is 6.07 Å². The molecular weight excluding hydrogens is 507 g/mol. The molecule has 1 N–H and O–H groups in total. The number of nitrogens with zero attached hydrogens (tertiary/aromatic N) is 4. The Morgan fingerprint density at radius 3 is 2.60 bits per heavy atom. The molecule has 8 heteroatoms.